The third kappa shape index (κ3) is 5.06. The van der Waals surface area contributed by atoms with Crippen LogP contribution in [0, 0.1) is 0 Å². The van der Waals surface area contributed by atoms with Gasteiger partial charge in [0.05, 0.1) is 0 Å². The van der Waals surface area contributed by atoms with E-state index in [2.05, 4.69) is 17.9 Å². The summed E-state index contributed by atoms with van der Waals surface area (Å²) in [5, 5.41) is 11.3. The second-order valence-corrected chi connectivity index (χ2v) is 2.53. The molecule has 0 fully saturated rings. The molecule has 0 aromatic carbocycles. The lowest BCUT2D eigenvalue weighted by atomic mass is 10.3. The van der Waals surface area contributed by atoms with Crippen molar-refractivity contribution in [3.8, 4) is 0 Å². The number of carboxylic acid groups (broad SMARTS) is 1. The van der Waals surface area contributed by atoms with Crippen LogP contribution in [0.4, 0.5) is 0 Å². The van der Waals surface area contributed by atoms with E-state index >= 15 is 0 Å². The number of aliphatic carboxylic acids is 1. The van der Waals surface area contributed by atoms with E-state index < -0.39 is 12.0 Å². The molecule has 4 nitrogen and oxygen atoms in total. The summed E-state index contributed by atoms with van der Waals surface area (Å²) in [6.45, 7) is 1.21. The van der Waals surface area contributed by atoms with Crippen LogP contribution in [0.15, 0.2) is 0 Å². The van der Waals surface area contributed by atoms with Gasteiger partial charge in [0.25, 0.3) is 0 Å². The molecular weight excluding hydrogens is 164 g/mol. The van der Waals surface area contributed by atoms with Gasteiger partial charge in [-0.2, -0.15) is 12.6 Å². The number of nitrogens with one attached hydrogen (secondary N) is 1. The highest BCUT2D eigenvalue weighted by Crippen LogP contribution is 1.87. The van der Waals surface area contributed by atoms with Gasteiger partial charge in [-0.15, -0.1) is 0 Å². The summed E-state index contributed by atoms with van der Waals surface area (Å²) in [6, 6.07) is -0.551. The van der Waals surface area contributed by atoms with Crippen LogP contribution in [-0.2, 0) is 4.79 Å². The van der Waals surface area contributed by atoms with Crippen LogP contribution < -0.4 is 11.1 Å². The van der Waals surface area contributed by atoms with Gasteiger partial charge in [-0.3, -0.25) is 4.79 Å². The average molecular weight is 178 g/mol. The minimum atomic E-state index is -0.864. The number of carbonyl (C=O) groups is 1. The van der Waals surface area contributed by atoms with E-state index in [0.29, 0.717) is 18.8 Å². The predicted molar refractivity (Wildman–Crippen MR) is 47.0 cm³/mol. The Kier molecular flexibility index (Phi) is 6.30. The van der Waals surface area contributed by atoms with E-state index in [1.54, 1.807) is 0 Å². The summed E-state index contributed by atoms with van der Waals surface area (Å²) in [6.07, 6.45) is 0.789. The second-order valence-electron chi connectivity index (χ2n) is 2.17. The monoisotopic (exact) mass is 178 g/mol. The maximum atomic E-state index is 10.4. The first-order valence-electron chi connectivity index (χ1n) is 3.49. The van der Waals surface area contributed by atoms with Crippen LogP contribution in [0.3, 0.4) is 0 Å². The van der Waals surface area contributed by atoms with E-state index in [-0.39, 0.29) is 0 Å². The first kappa shape index (κ1) is 10.7. The molecule has 0 spiro atoms. The Morgan fingerprint density at radius 1 is 1.73 bits per heavy atom. The minimum absolute atomic E-state index is 0.305. The molecule has 0 aliphatic rings. The van der Waals surface area contributed by atoms with Gasteiger partial charge < -0.3 is 16.2 Å². The van der Waals surface area contributed by atoms with Crippen molar-refractivity contribution < 1.29 is 9.90 Å². The highest BCUT2D eigenvalue weighted by molar-refractivity contribution is 7.80. The van der Waals surface area contributed by atoms with Gasteiger partial charge in [0.15, 0.2) is 0 Å². The van der Waals surface area contributed by atoms with Gasteiger partial charge in [0.2, 0.25) is 0 Å². The Balaban J connectivity index is 3.44. The zero-order valence-corrected chi connectivity index (χ0v) is 7.18. The van der Waals surface area contributed by atoms with Gasteiger partial charge in [-0.05, 0) is 19.5 Å². The van der Waals surface area contributed by atoms with Crippen LogP contribution in [-0.4, -0.2) is 36.0 Å². The molecule has 0 radical (unpaired) electrons. The molecule has 0 saturated heterocycles. The second kappa shape index (κ2) is 6.45. The van der Waals surface area contributed by atoms with Crippen molar-refractivity contribution in [2.24, 2.45) is 5.73 Å². The molecule has 0 aliphatic heterocycles. The third-order valence-corrected chi connectivity index (χ3v) is 1.62. The lowest BCUT2D eigenvalue weighted by Crippen LogP contribution is -2.39. The number of thiol groups is 1. The topological polar surface area (TPSA) is 75.3 Å². The summed E-state index contributed by atoms with van der Waals surface area (Å²) in [5.74, 6) is -0.558. The van der Waals surface area contributed by atoms with Crippen LogP contribution in [0.2, 0.25) is 0 Å². The maximum Gasteiger partial charge on any atom is 0.321 e. The zero-order chi connectivity index (χ0) is 8.69. The van der Waals surface area contributed by atoms with Crippen LogP contribution in [0.25, 0.3) is 0 Å². The molecule has 0 aromatic rings. The fourth-order valence-electron chi connectivity index (χ4n) is 0.608. The molecule has 0 saturated carbocycles. The van der Waals surface area contributed by atoms with Crippen molar-refractivity contribution in [1.82, 2.24) is 5.32 Å². The van der Waals surface area contributed by atoms with Gasteiger partial charge in [0, 0.05) is 5.75 Å². The SMILES string of the molecule is NCCCN[C@@H](CS)C(=O)O. The van der Waals surface area contributed by atoms with Crippen LogP contribution in [0.1, 0.15) is 6.42 Å². The summed E-state index contributed by atoms with van der Waals surface area (Å²) in [5.41, 5.74) is 5.23. The molecular formula is C6H14N2O2S. The van der Waals surface area contributed by atoms with Crippen molar-refractivity contribution >= 4 is 18.6 Å². The Morgan fingerprint density at radius 2 is 2.36 bits per heavy atom. The van der Waals surface area contributed by atoms with Crippen molar-refractivity contribution in [3.05, 3.63) is 0 Å². The average Bonchev–Trinajstić information content (AvgIpc) is 1.97. The summed E-state index contributed by atoms with van der Waals surface area (Å²) in [7, 11) is 0. The van der Waals surface area contributed by atoms with Gasteiger partial charge in [-0.25, -0.2) is 0 Å². The molecule has 0 aliphatic carbocycles. The normalized spacial score (nSPS) is 12.9. The fourth-order valence-corrected chi connectivity index (χ4v) is 0.894. The molecule has 0 unspecified atom stereocenters. The first-order chi connectivity index (χ1) is 5.22. The van der Waals surface area contributed by atoms with Gasteiger partial charge in [-0.1, -0.05) is 0 Å². The molecule has 11 heavy (non-hydrogen) atoms. The molecule has 5 heteroatoms. The standard InChI is InChI=1S/C6H14N2O2S/c7-2-1-3-8-5(4-11)6(9)10/h5,8,11H,1-4,7H2,(H,9,10)/t5-/m0/s1. The highest BCUT2D eigenvalue weighted by atomic mass is 32.1. The van der Waals surface area contributed by atoms with Gasteiger partial charge >= 0.3 is 5.97 Å². The molecule has 4 N–H and O–H groups in total. The zero-order valence-electron chi connectivity index (χ0n) is 6.29. The molecule has 0 aromatic heterocycles. The van der Waals surface area contributed by atoms with Crippen LogP contribution >= 0.6 is 12.6 Å². The van der Waals surface area contributed by atoms with Crippen LogP contribution in [0.5, 0.6) is 0 Å². The van der Waals surface area contributed by atoms with Crippen molar-refractivity contribution in [2.45, 2.75) is 12.5 Å². The molecule has 1 atom stereocenters. The summed E-state index contributed by atoms with van der Waals surface area (Å²) < 4.78 is 0. The minimum Gasteiger partial charge on any atom is -0.480 e. The van der Waals surface area contributed by atoms with Crippen molar-refractivity contribution in [2.75, 3.05) is 18.8 Å². The lowest BCUT2D eigenvalue weighted by molar-refractivity contribution is -0.138. The number of hydrogen-bond donors (Lipinski definition) is 4. The first-order valence-corrected chi connectivity index (χ1v) is 4.12. The van der Waals surface area contributed by atoms with E-state index in [1.807, 2.05) is 0 Å². The Labute approximate surface area is 71.6 Å². The summed E-state index contributed by atoms with van der Waals surface area (Å²) in [4.78, 5) is 10.4. The summed E-state index contributed by atoms with van der Waals surface area (Å²) >= 11 is 3.88. The maximum absolute atomic E-state index is 10.4. The highest BCUT2D eigenvalue weighted by Gasteiger charge is 2.12. The van der Waals surface area contributed by atoms with Crippen molar-refractivity contribution in [1.29, 1.82) is 0 Å². The van der Waals surface area contributed by atoms with E-state index in [4.69, 9.17) is 10.8 Å². The molecule has 0 amide bonds. The number of nitrogens with two attached hydrogens (primary N) is 1. The molecule has 0 rings (SSSR count). The smallest absolute Gasteiger partial charge is 0.321 e. The van der Waals surface area contributed by atoms with Crippen molar-refractivity contribution in [3.63, 3.8) is 0 Å². The largest absolute Gasteiger partial charge is 0.480 e. The Bertz CT molecular complexity index is 121. The number of rotatable bonds is 6. The van der Waals surface area contributed by atoms with Gasteiger partial charge in [0.1, 0.15) is 6.04 Å². The molecule has 0 bridgehead atoms. The number of hydrogen-bond acceptors (Lipinski definition) is 4. The lowest BCUT2D eigenvalue weighted by Gasteiger charge is -2.10. The van der Waals surface area contributed by atoms with E-state index in [9.17, 15) is 4.79 Å². The Hall–Kier alpha value is -0.260. The molecule has 0 heterocycles. The number of carboxylic acids is 1. The molecule has 66 valence electrons. The van der Waals surface area contributed by atoms with E-state index in [1.165, 1.54) is 0 Å². The fraction of sp³-hybridized carbons (Fsp3) is 0.833. The third-order valence-electron chi connectivity index (χ3n) is 1.25. The quantitative estimate of drug-likeness (QED) is 0.321. The predicted octanol–water partition coefficient (Wildman–Crippen LogP) is -0.692. The van der Waals surface area contributed by atoms with E-state index in [0.717, 1.165) is 6.42 Å². The Morgan fingerprint density at radius 3 is 2.73 bits per heavy atom.